The van der Waals surface area contributed by atoms with E-state index in [-0.39, 0.29) is 18.6 Å². The molecule has 2 fully saturated rings. The van der Waals surface area contributed by atoms with Crippen LogP contribution in [0.1, 0.15) is 39.0 Å². The van der Waals surface area contributed by atoms with Crippen LogP contribution in [0.2, 0.25) is 0 Å². The quantitative estimate of drug-likeness (QED) is 0.824. The third kappa shape index (κ3) is 3.95. The summed E-state index contributed by atoms with van der Waals surface area (Å²) < 4.78 is 5.77. The molecule has 0 radical (unpaired) electrons. The number of rotatable bonds is 4. The lowest BCUT2D eigenvalue weighted by atomic mass is 9.88. The lowest BCUT2D eigenvalue weighted by Crippen LogP contribution is -2.40. The van der Waals surface area contributed by atoms with Gasteiger partial charge in [0, 0.05) is 12.6 Å². The zero-order valence-electron chi connectivity index (χ0n) is 11.7. The molecular formula is C14H26N2O2. The SMILES string of the molecule is C[C@@H]1CCCC[C@H]1OCC(=O)N[C@H]1CCN(C)C1. The van der Waals surface area contributed by atoms with Gasteiger partial charge in [-0.3, -0.25) is 4.79 Å². The molecule has 1 amide bonds. The van der Waals surface area contributed by atoms with Gasteiger partial charge in [0.2, 0.25) is 5.91 Å². The Hall–Kier alpha value is -0.610. The predicted molar refractivity (Wildman–Crippen MR) is 71.4 cm³/mol. The Bertz CT molecular complexity index is 283. The minimum absolute atomic E-state index is 0.0491. The summed E-state index contributed by atoms with van der Waals surface area (Å²) in [4.78, 5) is 14.0. The van der Waals surface area contributed by atoms with E-state index in [4.69, 9.17) is 4.74 Å². The molecular weight excluding hydrogens is 228 g/mol. The topological polar surface area (TPSA) is 41.6 Å². The molecule has 1 aliphatic heterocycles. The summed E-state index contributed by atoms with van der Waals surface area (Å²) in [5, 5.41) is 3.06. The van der Waals surface area contributed by atoms with Crippen LogP contribution in [0.15, 0.2) is 0 Å². The Morgan fingerprint density at radius 1 is 1.33 bits per heavy atom. The van der Waals surface area contributed by atoms with E-state index in [1.54, 1.807) is 0 Å². The summed E-state index contributed by atoms with van der Waals surface area (Å²) in [5.41, 5.74) is 0. The summed E-state index contributed by atoms with van der Waals surface area (Å²) in [6, 6.07) is 0.315. The molecule has 3 atom stereocenters. The summed E-state index contributed by atoms with van der Waals surface area (Å²) >= 11 is 0. The molecule has 0 aromatic carbocycles. The molecule has 1 aliphatic carbocycles. The summed E-state index contributed by atoms with van der Waals surface area (Å²) in [6.07, 6.45) is 6.24. The first-order valence-electron chi connectivity index (χ1n) is 7.24. The highest BCUT2D eigenvalue weighted by atomic mass is 16.5. The van der Waals surface area contributed by atoms with Crippen molar-refractivity contribution in [2.75, 3.05) is 26.7 Å². The van der Waals surface area contributed by atoms with Gasteiger partial charge in [-0.2, -0.15) is 0 Å². The monoisotopic (exact) mass is 254 g/mol. The largest absolute Gasteiger partial charge is 0.368 e. The van der Waals surface area contributed by atoms with Crippen LogP contribution in [0, 0.1) is 5.92 Å². The van der Waals surface area contributed by atoms with Crippen molar-refractivity contribution in [2.45, 2.75) is 51.2 Å². The molecule has 0 aromatic heterocycles. The molecule has 0 spiro atoms. The molecule has 1 N–H and O–H groups in total. The zero-order chi connectivity index (χ0) is 13.0. The van der Waals surface area contributed by atoms with Crippen LogP contribution in [-0.4, -0.2) is 49.7 Å². The first-order chi connectivity index (χ1) is 8.65. The molecule has 1 saturated carbocycles. The maximum absolute atomic E-state index is 11.8. The van der Waals surface area contributed by atoms with Crippen molar-refractivity contribution in [3.63, 3.8) is 0 Å². The molecule has 0 unspecified atom stereocenters. The highest BCUT2D eigenvalue weighted by Gasteiger charge is 2.24. The molecule has 104 valence electrons. The number of nitrogens with one attached hydrogen (secondary N) is 1. The molecule has 2 aliphatic rings. The number of amides is 1. The lowest BCUT2D eigenvalue weighted by molar-refractivity contribution is -0.130. The molecule has 0 bridgehead atoms. The normalized spacial score (nSPS) is 33.6. The van der Waals surface area contributed by atoms with Gasteiger partial charge in [-0.15, -0.1) is 0 Å². The standard InChI is InChI=1S/C14H26N2O2/c1-11-5-3-4-6-13(11)18-10-14(17)15-12-7-8-16(2)9-12/h11-13H,3-10H2,1-2H3,(H,15,17)/t11-,12+,13-/m1/s1. The second kappa shape index (κ2) is 6.53. The van der Waals surface area contributed by atoms with Crippen molar-refractivity contribution in [1.29, 1.82) is 0 Å². The molecule has 2 rings (SSSR count). The van der Waals surface area contributed by atoms with Crippen molar-refractivity contribution in [3.05, 3.63) is 0 Å². The Balaban J connectivity index is 1.65. The van der Waals surface area contributed by atoms with Gasteiger partial charge in [-0.1, -0.05) is 19.8 Å². The fourth-order valence-electron chi connectivity index (χ4n) is 3.03. The van der Waals surface area contributed by atoms with Crippen LogP contribution in [0.4, 0.5) is 0 Å². The molecule has 4 nitrogen and oxygen atoms in total. The number of ether oxygens (including phenoxy) is 1. The van der Waals surface area contributed by atoms with E-state index in [0.717, 1.165) is 25.9 Å². The second-order valence-corrected chi connectivity index (χ2v) is 5.93. The van der Waals surface area contributed by atoms with Gasteiger partial charge in [-0.25, -0.2) is 0 Å². The first-order valence-corrected chi connectivity index (χ1v) is 7.24. The Morgan fingerprint density at radius 2 is 2.11 bits per heavy atom. The number of hydrogen-bond donors (Lipinski definition) is 1. The van der Waals surface area contributed by atoms with Crippen molar-refractivity contribution in [1.82, 2.24) is 10.2 Å². The van der Waals surface area contributed by atoms with Gasteiger partial charge < -0.3 is 15.0 Å². The van der Waals surface area contributed by atoms with Gasteiger partial charge >= 0.3 is 0 Å². The molecule has 4 heteroatoms. The van der Waals surface area contributed by atoms with Crippen molar-refractivity contribution >= 4 is 5.91 Å². The Labute approximate surface area is 110 Å². The van der Waals surface area contributed by atoms with Crippen LogP contribution in [-0.2, 0) is 9.53 Å². The summed E-state index contributed by atoms with van der Waals surface area (Å²) in [6.45, 7) is 4.50. The average Bonchev–Trinajstić information content (AvgIpc) is 2.74. The van der Waals surface area contributed by atoms with Gasteiger partial charge in [-0.05, 0) is 38.8 Å². The number of likely N-dealkylation sites (N-methyl/N-ethyl adjacent to an activating group) is 1. The zero-order valence-corrected chi connectivity index (χ0v) is 11.7. The lowest BCUT2D eigenvalue weighted by Gasteiger charge is -2.28. The van der Waals surface area contributed by atoms with Crippen molar-refractivity contribution in [3.8, 4) is 0 Å². The molecule has 0 aromatic rings. The Kier molecular flexibility index (Phi) is 5.01. The maximum atomic E-state index is 11.8. The minimum atomic E-state index is 0.0491. The van der Waals surface area contributed by atoms with Crippen LogP contribution in [0.3, 0.4) is 0 Å². The molecule has 1 heterocycles. The van der Waals surface area contributed by atoms with Gasteiger partial charge in [0.1, 0.15) is 6.61 Å². The van der Waals surface area contributed by atoms with E-state index in [0.29, 0.717) is 12.0 Å². The third-order valence-electron chi connectivity index (χ3n) is 4.22. The number of carbonyl (C=O) groups excluding carboxylic acids is 1. The van der Waals surface area contributed by atoms with Gasteiger partial charge in [0.05, 0.1) is 6.10 Å². The smallest absolute Gasteiger partial charge is 0.246 e. The van der Waals surface area contributed by atoms with Crippen molar-refractivity contribution < 1.29 is 9.53 Å². The number of carbonyl (C=O) groups is 1. The fourth-order valence-corrected chi connectivity index (χ4v) is 3.03. The number of hydrogen-bond acceptors (Lipinski definition) is 3. The number of nitrogens with zero attached hydrogens (tertiary/aromatic N) is 1. The average molecular weight is 254 g/mol. The van der Waals surface area contributed by atoms with Crippen LogP contribution < -0.4 is 5.32 Å². The van der Waals surface area contributed by atoms with Crippen LogP contribution in [0.5, 0.6) is 0 Å². The fraction of sp³-hybridized carbons (Fsp3) is 0.929. The predicted octanol–water partition coefficient (Wildman–Crippen LogP) is 1.40. The minimum Gasteiger partial charge on any atom is -0.368 e. The Morgan fingerprint density at radius 3 is 2.78 bits per heavy atom. The van der Waals surface area contributed by atoms with E-state index >= 15 is 0 Å². The second-order valence-electron chi connectivity index (χ2n) is 5.93. The highest BCUT2D eigenvalue weighted by Crippen LogP contribution is 2.26. The maximum Gasteiger partial charge on any atom is 0.246 e. The van der Waals surface area contributed by atoms with Crippen molar-refractivity contribution in [2.24, 2.45) is 5.92 Å². The third-order valence-corrected chi connectivity index (χ3v) is 4.22. The van der Waals surface area contributed by atoms with Gasteiger partial charge in [0.25, 0.3) is 0 Å². The van der Waals surface area contributed by atoms with Crippen LogP contribution >= 0.6 is 0 Å². The number of likely N-dealkylation sites (tertiary alicyclic amines) is 1. The van der Waals surface area contributed by atoms with E-state index < -0.39 is 0 Å². The van der Waals surface area contributed by atoms with Crippen LogP contribution in [0.25, 0.3) is 0 Å². The molecule has 18 heavy (non-hydrogen) atoms. The van der Waals surface area contributed by atoms with E-state index in [1.807, 2.05) is 0 Å². The first kappa shape index (κ1) is 13.8. The van der Waals surface area contributed by atoms with E-state index in [9.17, 15) is 4.79 Å². The van der Waals surface area contributed by atoms with Gasteiger partial charge in [0.15, 0.2) is 0 Å². The summed E-state index contributed by atoms with van der Waals surface area (Å²) in [7, 11) is 2.09. The highest BCUT2D eigenvalue weighted by molar-refractivity contribution is 5.77. The summed E-state index contributed by atoms with van der Waals surface area (Å²) in [5.74, 6) is 0.650. The van der Waals surface area contributed by atoms with E-state index in [1.165, 1.54) is 19.3 Å². The van der Waals surface area contributed by atoms with E-state index in [2.05, 4.69) is 24.2 Å². The molecule has 1 saturated heterocycles.